The smallest absolute Gasteiger partial charge is 0.257 e. The summed E-state index contributed by atoms with van der Waals surface area (Å²) in [5.74, 6) is -0.699. The van der Waals surface area contributed by atoms with Crippen molar-refractivity contribution in [2.75, 3.05) is 4.90 Å². The topological polar surface area (TPSA) is 70.6 Å². The van der Waals surface area contributed by atoms with E-state index in [1.165, 1.54) is 10.5 Å². The lowest BCUT2D eigenvalue weighted by Gasteiger charge is -2.32. The van der Waals surface area contributed by atoms with E-state index in [1.54, 1.807) is 28.4 Å². The van der Waals surface area contributed by atoms with Crippen LogP contribution in [0.5, 0.6) is 0 Å². The van der Waals surface area contributed by atoms with Crippen molar-refractivity contribution in [2.45, 2.75) is 58.0 Å². The predicted molar refractivity (Wildman–Crippen MR) is 154 cm³/mol. The molecule has 1 saturated carbocycles. The SMILES string of the molecule is Cc1ccc2nc(-c3ccc(N4C(=O)CC(N(Cc5ccccc5)C(=O)C5CCCCC5)C4=O)cc3)sc2c1. The molecule has 4 aromatic rings. The third-order valence-corrected chi connectivity index (χ3v) is 8.92. The molecule has 1 saturated heterocycles. The molecule has 7 heteroatoms. The number of thiazole rings is 1. The van der Waals surface area contributed by atoms with Gasteiger partial charge in [-0.1, -0.05) is 55.7 Å². The van der Waals surface area contributed by atoms with Gasteiger partial charge >= 0.3 is 0 Å². The van der Waals surface area contributed by atoms with Gasteiger partial charge in [0.1, 0.15) is 11.0 Å². The molecule has 0 radical (unpaired) electrons. The van der Waals surface area contributed by atoms with Crippen molar-refractivity contribution in [1.82, 2.24) is 9.88 Å². The van der Waals surface area contributed by atoms with Crippen LogP contribution in [-0.4, -0.2) is 33.6 Å². The summed E-state index contributed by atoms with van der Waals surface area (Å²) in [7, 11) is 0. The standard InChI is InChI=1S/C32H31N3O3S/c1-21-12-17-26-28(18-21)39-30(33-26)23-13-15-25(16-14-23)35-29(36)19-27(32(35)38)34(20-22-8-4-2-5-9-22)31(37)24-10-6-3-7-11-24/h2,4-5,8-9,12-18,24,27H,3,6-7,10-11,19-20H2,1H3. The average molecular weight is 538 g/mol. The van der Waals surface area contributed by atoms with Crippen molar-refractivity contribution in [3.63, 3.8) is 0 Å². The van der Waals surface area contributed by atoms with Gasteiger partial charge in [0.15, 0.2) is 0 Å². The number of carbonyl (C=O) groups excluding carboxylic acids is 3. The molecule has 1 atom stereocenters. The molecular formula is C32H31N3O3S. The van der Waals surface area contributed by atoms with E-state index < -0.39 is 6.04 Å². The van der Waals surface area contributed by atoms with E-state index in [0.29, 0.717) is 12.2 Å². The summed E-state index contributed by atoms with van der Waals surface area (Å²) in [5, 5.41) is 0.895. The maximum Gasteiger partial charge on any atom is 0.257 e. The summed E-state index contributed by atoms with van der Waals surface area (Å²) in [4.78, 5) is 48.3. The summed E-state index contributed by atoms with van der Waals surface area (Å²) >= 11 is 1.62. The fourth-order valence-corrected chi connectivity index (χ4v) is 6.81. The lowest BCUT2D eigenvalue weighted by atomic mass is 9.87. The first-order valence-corrected chi connectivity index (χ1v) is 14.5. The molecule has 1 aliphatic carbocycles. The molecule has 3 amide bonds. The van der Waals surface area contributed by atoms with E-state index >= 15 is 0 Å². The first kappa shape index (κ1) is 25.4. The van der Waals surface area contributed by atoms with Crippen LogP contribution < -0.4 is 4.90 Å². The van der Waals surface area contributed by atoms with Gasteiger partial charge in [-0.05, 0) is 67.3 Å². The number of hydrogen-bond acceptors (Lipinski definition) is 5. The minimum atomic E-state index is -0.792. The fourth-order valence-electron chi connectivity index (χ4n) is 5.74. The molecule has 1 aliphatic heterocycles. The second kappa shape index (κ2) is 10.7. The van der Waals surface area contributed by atoms with E-state index in [9.17, 15) is 14.4 Å². The highest BCUT2D eigenvalue weighted by Gasteiger charge is 2.45. The quantitative estimate of drug-likeness (QED) is 0.263. The van der Waals surface area contributed by atoms with Gasteiger partial charge in [0.2, 0.25) is 11.8 Å². The van der Waals surface area contributed by atoms with E-state index in [0.717, 1.165) is 58.5 Å². The Hall–Kier alpha value is -3.84. The Labute approximate surface area is 232 Å². The number of nitrogens with zero attached hydrogens (tertiary/aromatic N) is 3. The third kappa shape index (κ3) is 5.11. The zero-order valence-corrected chi connectivity index (χ0v) is 22.8. The molecule has 39 heavy (non-hydrogen) atoms. The molecule has 1 aromatic heterocycles. The number of hydrogen-bond donors (Lipinski definition) is 0. The van der Waals surface area contributed by atoms with Crippen LogP contribution in [0.1, 0.15) is 49.7 Å². The zero-order valence-electron chi connectivity index (χ0n) is 22.0. The molecule has 0 bridgehead atoms. The van der Waals surface area contributed by atoms with Crippen molar-refractivity contribution in [1.29, 1.82) is 0 Å². The molecular weight excluding hydrogens is 506 g/mol. The molecule has 6 rings (SSSR count). The Morgan fingerprint density at radius 2 is 1.72 bits per heavy atom. The number of aromatic nitrogens is 1. The number of imide groups is 1. The number of fused-ring (bicyclic) bond motifs is 1. The van der Waals surface area contributed by atoms with Gasteiger partial charge in [0.25, 0.3) is 5.91 Å². The minimum absolute atomic E-state index is 0.00307. The molecule has 198 valence electrons. The van der Waals surface area contributed by atoms with Crippen LogP contribution in [0.2, 0.25) is 0 Å². The lowest BCUT2D eigenvalue weighted by molar-refractivity contribution is -0.143. The highest BCUT2D eigenvalue weighted by Crippen LogP contribution is 2.34. The van der Waals surface area contributed by atoms with Crippen LogP contribution in [0.3, 0.4) is 0 Å². The van der Waals surface area contributed by atoms with Crippen molar-refractivity contribution in [3.05, 3.63) is 83.9 Å². The number of aryl methyl sites for hydroxylation is 1. The maximum absolute atomic E-state index is 13.7. The Kier molecular flexibility index (Phi) is 7.00. The normalized spacial score (nSPS) is 18.2. The minimum Gasteiger partial charge on any atom is -0.326 e. The molecule has 0 N–H and O–H groups in total. The second-order valence-corrected chi connectivity index (χ2v) is 11.6. The van der Waals surface area contributed by atoms with Gasteiger partial charge in [-0.2, -0.15) is 0 Å². The fraction of sp³-hybridized carbons (Fsp3) is 0.312. The summed E-state index contributed by atoms with van der Waals surface area (Å²) < 4.78 is 1.13. The van der Waals surface area contributed by atoms with Crippen LogP contribution in [0.25, 0.3) is 20.8 Å². The largest absolute Gasteiger partial charge is 0.326 e. The first-order valence-electron chi connectivity index (χ1n) is 13.7. The van der Waals surface area contributed by atoms with E-state index in [1.807, 2.05) is 48.5 Å². The maximum atomic E-state index is 13.7. The van der Waals surface area contributed by atoms with E-state index in [-0.39, 0.29) is 30.1 Å². The zero-order chi connectivity index (χ0) is 26.9. The highest BCUT2D eigenvalue weighted by molar-refractivity contribution is 7.21. The van der Waals surface area contributed by atoms with Gasteiger partial charge < -0.3 is 4.90 Å². The Morgan fingerprint density at radius 1 is 0.974 bits per heavy atom. The molecule has 6 nitrogen and oxygen atoms in total. The van der Waals surface area contributed by atoms with Crippen molar-refractivity contribution in [3.8, 4) is 10.6 Å². The van der Waals surface area contributed by atoms with Crippen LogP contribution in [0.15, 0.2) is 72.8 Å². The number of rotatable bonds is 6. The Balaban J connectivity index is 1.25. The summed E-state index contributed by atoms with van der Waals surface area (Å²) in [6.45, 7) is 2.39. The van der Waals surface area contributed by atoms with E-state index in [4.69, 9.17) is 4.98 Å². The van der Waals surface area contributed by atoms with Gasteiger partial charge in [0, 0.05) is 18.0 Å². The van der Waals surface area contributed by atoms with Crippen molar-refractivity contribution < 1.29 is 14.4 Å². The molecule has 2 aliphatic rings. The molecule has 1 unspecified atom stereocenters. The number of amides is 3. The molecule has 0 spiro atoms. The number of carbonyl (C=O) groups is 3. The summed E-state index contributed by atoms with van der Waals surface area (Å²) in [5.41, 5.74) is 4.57. The molecule has 3 aromatic carbocycles. The predicted octanol–water partition coefficient (Wildman–Crippen LogP) is 6.51. The van der Waals surface area contributed by atoms with Crippen LogP contribution in [0, 0.1) is 12.8 Å². The third-order valence-electron chi connectivity index (χ3n) is 7.85. The molecule has 2 heterocycles. The Bertz CT molecular complexity index is 1520. The monoisotopic (exact) mass is 537 g/mol. The first-order chi connectivity index (χ1) is 19.0. The van der Waals surface area contributed by atoms with Crippen molar-refractivity contribution in [2.24, 2.45) is 5.92 Å². The molecule has 2 fully saturated rings. The van der Waals surface area contributed by atoms with Gasteiger partial charge in [0.05, 0.1) is 22.3 Å². The van der Waals surface area contributed by atoms with Crippen LogP contribution in [0.4, 0.5) is 5.69 Å². The average Bonchev–Trinajstić information content (AvgIpc) is 3.52. The van der Waals surface area contributed by atoms with Crippen LogP contribution >= 0.6 is 11.3 Å². The van der Waals surface area contributed by atoms with Crippen LogP contribution in [-0.2, 0) is 20.9 Å². The number of anilines is 1. The summed E-state index contributed by atoms with van der Waals surface area (Å²) in [6, 6.07) is 22.5. The summed E-state index contributed by atoms with van der Waals surface area (Å²) in [6.07, 6.45) is 4.89. The second-order valence-electron chi connectivity index (χ2n) is 10.6. The van der Waals surface area contributed by atoms with Gasteiger partial charge in [-0.3, -0.25) is 14.4 Å². The Morgan fingerprint density at radius 3 is 2.46 bits per heavy atom. The van der Waals surface area contributed by atoms with Gasteiger partial charge in [-0.25, -0.2) is 9.88 Å². The number of benzene rings is 3. The van der Waals surface area contributed by atoms with Gasteiger partial charge in [-0.15, -0.1) is 11.3 Å². The van der Waals surface area contributed by atoms with Crippen molar-refractivity contribution >= 4 is 45.0 Å². The lowest BCUT2D eigenvalue weighted by Crippen LogP contribution is -2.47. The highest BCUT2D eigenvalue weighted by atomic mass is 32.1. The van der Waals surface area contributed by atoms with E-state index in [2.05, 4.69) is 19.1 Å².